The smallest absolute Gasteiger partial charge is 0.295 e. The molecule has 0 amide bonds. The Morgan fingerprint density at radius 1 is 0.750 bits per heavy atom. The van der Waals surface area contributed by atoms with E-state index in [1.165, 1.54) is 0 Å². The molecule has 3 N–H and O–H groups in total. The maximum Gasteiger partial charge on any atom is 0.295 e. The quantitative estimate of drug-likeness (QED) is 0.483. The van der Waals surface area contributed by atoms with Gasteiger partial charge in [0.1, 0.15) is 14.7 Å². The number of aldehydes is 1. The van der Waals surface area contributed by atoms with E-state index in [1.54, 1.807) is 0 Å². The molecule has 130 valence electrons. The number of fused-ring (bicyclic) bond motifs is 1. The summed E-state index contributed by atoms with van der Waals surface area (Å²) in [7, 11) is -15.3. The molecule has 0 saturated carbocycles. The van der Waals surface area contributed by atoms with Crippen LogP contribution < -0.4 is 0 Å². The fourth-order valence-electron chi connectivity index (χ4n) is 2.18. The van der Waals surface area contributed by atoms with Gasteiger partial charge in [0.15, 0.2) is 6.29 Å². The molecule has 0 radical (unpaired) electrons. The van der Waals surface area contributed by atoms with Crippen LogP contribution >= 0.6 is 0 Å². The highest BCUT2D eigenvalue weighted by molar-refractivity contribution is 7.87. The molecule has 0 saturated heterocycles. The first-order valence-corrected chi connectivity index (χ1v) is 10.1. The van der Waals surface area contributed by atoms with Crippen molar-refractivity contribution >= 4 is 47.4 Å². The third-order valence-electron chi connectivity index (χ3n) is 3.03. The third-order valence-corrected chi connectivity index (χ3v) is 5.79. The number of rotatable bonds is 4. The lowest BCUT2D eigenvalue weighted by atomic mass is 10.1. The summed E-state index contributed by atoms with van der Waals surface area (Å²) in [5, 5.41) is -1.17. The van der Waals surface area contributed by atoms with Gasteiger partial charge in [0.2, 0.25) is 0 Å². The van der Waals surface area contributed by atoms with Gasteiger partial charge in [-0.25, -0.2) is 0 Å². The highest BCUT2D eigenvalue weighted by Gasteiger charge is 2.29. The van der Waals surface area contributed by atoms with Crippen LogP contribution in [0, 0.1) is 0 Å². The first-order chi connectivity index (χ1) is 10.8. The molecule has 24 heavy (non-hydrogen) atoms. The normalized spacial score (nSPS) is 13.1. The van der Waals surface area contributed by atoms with E-state index in [2.05, 4.69) is 0 Å². The third kappa shape index (κ3) is 3.17. The molecule has 0 bridgehead atoms. The van der Waals surface area contributed by atoms with Crippen LogP contribution in [0.3, 0.4) is 0 Å². The van der Waals surface area contributed by atoms with Crippen LogP contribution in [0.15, 0.2) is 39.0 Å². The Labute approximate surface area is 136 Å². The fraction of sp³-hybridized carbons (Fsp3) is 0. The Bertz CT molecular complexity index is 1170. The molecule has 0 aliphatic heterocycles. The van der Waals surface area contributed by atoms with Gasteiger partial charge >= 0.3 is 0 Å². The maximum absolute atomic E-state index is 11.6. The topological polar surface area (TPSA) is 180 Å². The molecular formula is C11H8O10S3. The molecular weight excluding hydrogens is 388 g/mol. The fourth-order valence-corrected chi connectivity index (χ4v) is 4.53. The van der Waals surface area contributed by atoms with E-state index in [0.29, 0.717) is 6.07 Å². The highest BCUT2D eigenvalue weighted by atomic mass is 32.2. The minimum absolute atomic E-state index is 0.230. The van der Waals surface area contributed by atoms with E-state index in [0.717, 1.165) is 18.2 Å². The van der Waals surface area contributed by atoms with Crippen molar-refractivity contribution in [2.75, 3.05) is 0 Å². The van der Waals surface area contributed by atoms with Crippen molar-refractivity contribution < 1.29 is 43.7 Å². The van der Waals surface area contributed by atoms with Crippen molar-refractivity contribution in [1.82, 2.24) is 0 Å². The van der Waals surface area contributed by atoms with Gasteiger partial charge in [-0.1, -0.05) is 12.1 Å². The zero-order valence-electron chi connectivity index (χ0n) is 11.3. The highest BCUT2D eigenvalue weighted by Crippen LogP contribution is 2.34. The molecule has 0 heterocycles. The van der Waals surface area contributed by atoms with Crippen LogP contribution in [0.5, 0.6) is 0 Å². The van der Waals surface area contributed by atoms with Crippen LogP contribution in [-0.4, -0.2) is 45.2 Å². The number of hydrogen-bond acceptors (Lipinski definition) is 7. The summed E-state index contributed by atoms with van der Waals surface area (Å²) in [6.07, 6.45) is -0.230. The van der Waals surface area contributed by atoms with Gasteiger partial charge in [-0.2, -0.15) is 25.3 Å². The minimum Gasteiger partial charge on any atom is -0.298 e. The Balaban J connectivity index is 3.33. The van der Waals surface area contributed by atoms with Gasteiger partial charge in [0.05, 0.1) is 5.56 Å². The Morgan fingerprint density at radius 3 is 1.71 bits per heavy atom. The number of benzene rings is 2. The number of carbonyl (C=O) groups is 1. The molecule has 0 spiro atoms. The summed E-state index contributed by atoms with van der Waals surface area (Å²) >= 11 is 0. The Hall–Kier alpha value is -1.90. The average Bonchev–Trinajstić information content (AvgIpc) is 2.41. The zero-order chi connectivity index (χ0) is 18.5. The summed E-state index contributed by atoms with van der Waals surface area (Å²) in [4.78, 5) is 7.81. The predicted molar refractivity (Wildman–Crippen MR) is 78.8 cm³/mol. The van der Waals surface area contributed by atoms with Crippen molar-refractivity contribution in [3.8, 4) is 0 Å². The first kappa shape index (κ1) is 18.4. The predicted octanol–water partition coefficient (Wildman–Crippen LogP) is 0.392. The van der Waals surface area contributed by atoms with Gasteiger partial charge in [0.25, 0.3) is 30.4 Å². The minimum atomic E-state index is -5.20. The SMILES string of the molecule is O=Cc1c(S(=O)(=O)O)cc2c(S(=O)(=O)O)cccc2c1S(=O)(=O)O. The zero-order valence-corrected chi connectivity index (χ0v) is 13.8. The largest absolute Gasteiger partial charge is 0.298 e. The molecule has 2 rings (SSSR count). The van der Waals surface area contributed by atoms with Crippen LogP contribution in [0.25, 0.3) is 10.8 Å². The first-order valence-electron chi connectivity index (χ1n) is 5.76. The molecule has 13 heteroatoms. The van der Waals surface area contributed by atoms with Crippen molar-refractivity contribution in [1.29, 1.82) is 0 Å². The van der Waals surface area contributed by atoms with Crippen molar-refractivity contribution in [2.24, 2.45) is 0 Å². The summed E-state index contributed by atoms with van der Waals surface area (Å²) in [5.74, 6) is 0. The number of carbonyl (C=O) groups excluding carboxylic acids is 1. The van der Waals surface area contributed by atoms with Crippen LogP contribution in [0.2, 0.25) is 0 Å². The second-order valence-electron chi connectivity index (χ2n) is 4.51. The van der Waals surface area contributed by atoms with E-state index in [9.17, 15) is 39.2 Å². The Morgan fingerprint density at radius 2 is 1.29 bits per heavy atom. The molecule has 0 unspecified atom stereocenters. The van der Waals surface area contributed by atoms with Gasteiger partial charge < -0.3 is 0 Å². The van der Waals surface area contributed by atoms with Crippen LogP contribution in [0.1, 0.15) is 10.4 Å². The van der Waals surface area contributed by atoms with Gasteiger partial charge in [-0.15, -0.1) is 0 Å². The summed E-state index contributed by atoms with van der Waals surface area (Å²) in [6.45, 7) is 0. The number of hydrogen-bond donors (Lipinski definition) is 3. The van der Waals surface area contributed by atoms with E-state index in [4.69, 9.17) is 4.55 Å². The molecule has 0 fully saturated rings. The summed E-state index contributed by atoms with van der Waals surface area (Å²) in [5.41, 5.74) is -1.08. The average molecular weight is 396 g/mol. The summed E-state index contributed by atoms with van der Waals surface area (Å²) < 4.78 is 96.4. The van der Waals surface area contributed by atoms with Crippen molar-refractivity contribution in [3.63, 3.8) is 0 Å². The maximum atomic E-state index is 11.6. The van der Waals surface area contributed by atoms with E-state index >= 15 is 0 Å². The van der Waals surface area contributed by atoms with Crippen molar-refractivity contribution in [3.05, 3.63) is 29.8 Å². The van der Waals surface area contributed by atoms with E-state index < -0.39 is 61.4 Å². The van der Waals surface area contributed by atoms with Crippen LogP contribution in [-0.2, 0) is 30.4 Å². The molecule has 0 aliphatic rings. The van der Waals surface area contributed by atoms with Crippen LogP contribution in [0.4, 0.5) is 0 Å². The lowest BCUT2D eigenvalue weighted by molar-refractivity contribution is 0.111. The van der Waals surface area contributed by atoms with Gasteiger partial charge in [-0.3, -0.25) is 18.5 Å². The summed E-state index contributed by atoms with van der Waals surface area (Å²) in [6, 6.07) is 3.32. The lowest BCUT2D eigenvalue weighted by Crippen LogP contribution is -2.11. The lowest BCUT2D eigenvalue weighted by Gasteiger charge is -2.12. The monoisotopic (exact) mass is 396 g/mol. The molecule has 2 aromatic rings. The molecule has 2 aromatic carbocycles. The molecule has 0 aromatic heterocycles. The Kier molecular flexibility index (Phi) is 4.28. The molecule has 0 atom stereocenters. The second kappa shape index (κ2) is 5.58. The van der Waals surface area contributed by atoms with E-state index in [-0.39, 0.29) is 6.29 Å². The van der Waals surface area contributed by atoms with Crippen molar-refractivity contribution in [2.45, 2.75) is 14.7 Å². The second-order valence-corrected chi connectivity index (χ2v) is 8.65. The standard InChI is InChI=1S/C11H8O10S3/c12-5-8-10(23(16,17)18)4-7-6(11(8)24(19,20)21)2-1-3-9(7)22(13,14)15/h1-5H,(H,13,14,15)(H,16,17,18)(H,19,20,21). The van der Waals surface area contributed by atoms with Gasteiger partial charge in [0, 0.05) is 10.8 Å². The van der Waals surface area contributed by atoms with Gasteiger partial charge in [-0.05, 0) is 12.1 Å². The molecule has 10 nitrogen and oxygen atoms in total. The van der Waals surface area contributed by atoms with E-state index in [1.807, 2.05) is 0 Å². The molecule has 0 aliphatic carbocycles.